The van der Waals surface area contributed by atoms with Gasteiger partial charge in [-0.05, 0) is 92.5 Å². The number of aryl methyl sites for hydroxylation is 1. The van der Waals surface area contributed by atoms with Gasteiger partial charge in [-0.3, -0.25) is 4.79 Å². The molecule has 2 aliphatic rings. The number of nitrogens with one attached hydrogen (secondary N) is 1. The van der Waals surface area contributed by atoms with Crippen LogP contribution in [0.1, 0.15) is 47.2 Å². The van der Waals surface area contributed by atoms with Crippen molar-refractivity contribution >= 4 is 18.3 Å². The summed E-state index contributed by atoms with van der Waals surface area (Å²) in [6.45, 7) is 4.00. The molecule has 1 fully saturated rings. The van der Waals surface area contributed by atoms with Crippen LogP contribution in [0.25, 0.3) is 0 Å². The largest absolute Gasteiger partial charge is 0.457 e. The van der Waals surface area contributed by atoms with Crippen molar-refractivity contribution < 1.29 is 9.53 Å². The fourth-order valence-electron chi connectivity index (χ4n) is 5.45. The van der Waals surface area contributed by atoms with Crippen LogP contribution in [0.5, 0.6) is 11.5 Å². The summed E-state index contributed by atoms with van der Waals surface area (Å²) in [7, 11) is 0. The molecule has 4 nitrogen and oxygen atoms in total. The first-order valence-electron chi connectivity index (χ1n) is 12.1. The Morgan fingerprint density at radius 2 is 1.59 bits per heavy atom. The minimum atomic E-state index is -0.0818. The number of piperidine rings is 1. The highest BCUT2D eigenvalue weighted by Gasteiger charge is 2.40. The van der Waals surface area contributed by atoms with Crippen molar-refractivity contribution in [3.05, 3.63) is 95.6 Å². The van der Waals surface area contributed by atoms with Crippen molar-refractivity contribution in [2.45, 2.75) is 37.5 Å². The Kier molecular flexibility index (Phi) is 7.91. The van der Waals surface area contributed by atoms with Gasteiger partial charge < -0.3 is 15.0 Å². The van der Waals surface area contributed by atoms with Gasteiger partial charge in [0.1, 0.15) is 11.5 Å². The molecule has 3 aromatic rings. The molecule has 0 saturated carbocycles. The van der Waals surface area contributed by atoms with Crippen molar-refractivity contribution in [1.82, 2.24) is 10.2 Å². The lowest BCUT2D eigenvalue weighted by Crippen LogP contribution is -2.42. The highest BCUT2D eigenvalue weighted by Crippen LogP contribution is 2.46. The monoisotopic (exact) mass is 476 g/mol. The van der Waals surface area contributed by atoms with E-state index in [2.05, 4.69) is 34.5 Å². The molecule has 1 saturated heterocycles. The molecule has 34 heavy (non-hydrogen) atoms. The maximum atomic E-state index is 12.8. The van der Waals surface area contributed by atoms with Crippen molar-refractivity contribution in [3.63, 3.8) is 0 Å². The van der Waals surface area contributed by atoms with Crippen LogP contribution in [0.2, 0.25) is 0 Å². The van der Waals surface area contributed by atoms with E-state index < -0.39 is 0 Å². The molecule has 1 aliphatic carbocycles. The smallest absolute Gasteiger partial charge is 0.255 e. The molecular formula is C29H33ClN2O2. The van der Waals surface area contributed by atoms with E-state index in [4.69, 9.17) is 4.74 Å². The normalized spacial score (nSPS) is 16.5. The van der Waals surface area contributed by atoms with E-state index >= 15 is 0 Å². The van der Waals surface area contributed by atoms with Gasteiger partial charge in [-0.15, -0.1) is 12.4 Å². The zero-order valence-corrected chi connectivity index (χ0v) is 20.4. The van der Waals surface area contributed by atoms with Crippen molar-refractivity contribution in [3.8, 4) is 11.5 Å². The first-order valence-corrected chi connectivity index (χ1v) is 12.1. The molecule has 1 aliphatic heterocycles. The number of benzene rings is 3. The Morgan fingerprint density at radius 3 is 2.41 bits per heavy atom. The number of carbonyl (C=O) groups is 1. The Bertz CT molecular complexity index is 1090. The third kappa shape index (κ3) is 5.29. The predicted molar refractivity (Wildman–Crippen MR) is 139 cm³/mol. The van der Waals surface area contributed by atoms with Gasteiger partial charge in [0, 0.05) is 6.54 Å². The van der Waals surface area contributed by atoms with Gasteiger partial charge in [-0.25, -0.2) is 0 Å². The number of halogens is 1. The van der Waals surface area contributed by atoms with Crippen molar-refractivity contribution in [1.29, 1.82) is 0 Å². The van der Waals surface area contributed by atoms with Crippen LogP contribution >= 0.6 is 12.4 Å². The fourth-order valence-corrected chi connectivity index (χ4v) is 5.45. The number of hydrogen-bond acceptors (Lipinski definition) is 3. The molecule has 1 spiro atoms. The summed E-state index contributed by atoms with van der Waals surface area (Å²) in [5, 5.41) is 3.08. The quantitative estimate of drug-likeness (QED) is 0.425. The van der Waals surface area contributed by atoms with E-state index in [1.54, 1.807) is 11.1 Å². The summed E-state index contributed by atoms with van der Waals surface area (Å²) in [5.74, 6) is 1.23. The molecule has 3 aromatic carbocycles. The van der Waals surface area contributed by atoms with Crippen LogP contribution in [0.3, 0.4) is 0 Å². The third-order valence-corrected chi connectivity index (χ3v) is 7.31. The van der Waals surface area contributed by atoms with E-state index in [1.807, 2.05) is 54.6 Å². The summed E-state index contributed by atoms with van der Waals surface area (Å²) in [5.41, 5.74) is 4.14. The Balaban J connectivity index is 0.00000274. The predicted octanol–water partition coefficient (Wildman–Crippen LogP) is 6.00. The van der Waals surface area contributed by atoms with Gasteiger partial charge in [0.2, 0.25) is 0 Å². The number of rotatable bonds is 7. The average Bonchev–Trinajstić information content (AvgIpc) is 3.22. The first-order chi connectivity index (χ1) is 16.2. The van der Waals surface area contributed by atoms with E-state index in [0.717, 1.165) is 31.8 Å². The number of hydrogen-bond donors (Lipinski definition) is 1. The van der Waals surface area contributed by atoms with Gasteiger partial charge in [0.15, 0.2) is 0 Å². The van der Waals surface area contributed by atoms with Crippen LogP contribution in [-0.4, -0.2) is 37.0 Å². The molecule has 0 aromatic heterocycles. The lowest BCUT2D eigenvalue weighted by Gasteiger charge is -2.40. The minimum absolute atomic E-state index is 0. The maximum Gasteiger partial charge on any atom is 0.255 e. The summed E-state index contributed by atoms with van der Waals surface area (Å²) >= 11 is 0. The number of amides is 1. The van der Waals surface area contributed by atoms with Gasteiger partial charge >= 0.3 is 0 Å². The van der Waals surface area contributed by atoms with Crippen molar-refractivity contribution in [2.24, 2.45) is 0 Å². The third-order valence-electron chi connectivity index (χ3n) is 7.31. The number of nitrogens with zero attached hydrogens (tertiary/aromatic N) is 1. The van der Waals surface area contributed by atoms with E-state index in [0.29, 0.717) is 23.3 Å². The number of carbonyl (C=O) groups excluding carboxylic acids is 1. The van der Waals surface area contributed by atoms with E-state index in [9.17, 15) is 4.79 Å². The summed E-state index contributed by atoms with van der Waals surface area (Å²) in [4.78, 5) is 15.3. The molecule has 1 N–H and O–H groups in total. The number of fused-ring (bicyclic) bond motifs is 2. The molecule has 0 atom stereocenters. The number of likely N-dealkylation sites (tertiary alicyclic amines) is 1. The Labute approximate surface area is 208 Å². The second-order valence-corrected chi connectivity index (χ2v) is 9.30. The molecule has 5 heteroatoms. The molecule has 5 rings (SSSR count). The van der Waals surface area contributed by atoms with Crippen molar-refractivity contribution in [2.75, 3.05) is 26.2 Å². The Hall–Kier alpha value is -2.82. The Morgan fingerprint density at radius 1 is 0.882 bits per heavy atom. The summed E-state index contributed by atoms with van der Waals surface area (Å²) in [6, 6.07) is 26.0. The molecule has 1 amide bonds. The number of para-hydroxylation sites is 2. The molecular weight excluding hydrogens is 444 g/mol. The fraction of sp³-hybridized carbons (Fsp3) is 0.345. The van der Waals surface area contributed by atoms with E-state index in [1.165, 1.54) is 25.7 Å². The average molecular weight is 477 g/mol. The van der Waals surface area contributed by atoms with Gasteiger partial charge in [0.05, 0.1) is 5.56 Å². The van der Waals surface area contributed by atoms with Crippen LogP contribution in [-0.2, 0) is 11.8 Å². The second-order valence-electron chi connectivity index (χ2n) is 9.30. The molecule has 1 heterocycles. The summed E-state index contributed by atoms with van der Waals surface area (Å²) in [6.07, 6.45) is 6.00. The standard InChI is InChI=1S/C29H32N2O2.ClH/c32-28(25-12-5-7-14-27(25)33-24-10-2-1-3-11-24)30-19-8-20-31-21-17-29(18-22-31)16-15-23-9-4-6-13-26(23)29;/h1-7,9-14H,8,15-22H2,(H,30,32);1H. The zero-order chi connectivity index (χ0) is 22.5. The second kappa shape index (κ2) is 11.1. The lowest BCUT2D eigenvalue weighted by atomic mass is 9.74. The first kappa shape index (κ1) is 24.3. The summed E-state index contributed by atoms with van der Waals surface area (Å²) < 4.78 is 5.93. The zero-order valence-electron chi connectivity index (χ0n) is 19.5. The van der Waals surface area contributed by atoms with Crippen LogP contribution < -0.4 is 10.1 Å². The molecule has 0 unspecified atom stereocenters. The highest BCUT2D eigenvalue weighted by atomic mass is 35.5. The number of ether oxygens (including phenoxy) is 1. The van der Waals surface area contributed by atoms with Crippen LogP contribution in [0.4, 0.5) is 0 Å². The van der Waals surface area contributed by atoms with Crippen LogP contribution in [0.15, 0.2) is 78.9 Å². The highest BCUT2D eigenvalue weighted by molar-refractivity contribution is 5.97. The molecule has 178 valence electrons. The molecule has 0 radical (unpaired) electrons. The van der Waals surface area contributed by atoms with Crippen LogP contribution in [0, 0.1) is 0 Å². The van der Waals surface area contributed by atoms with Gasteiger partial charge in [0.25, 0.3) is 5.91 Å². The topological polar surface area (TPSA) is 41.6 Å². The minimum Gasteiger partial charge on any atom is -0.457 e. The lowest BCUT2D eigenvalue weighted by molar-refractivity contribution is 0.0947. The SMILES string of the molecule is Cl.O=C(NCCCN1CCC2(CCc3ccccc32)CC1)c1ccccc1Oc1ccccc1. The maximum absolute atomic E-state index is 12.8. The van der Waals surface area contributed by atoms with Gasteiger partial charge in [-0.2, -0.15) is 0 Å². The van der Waals surface area contributed by atoms with E-state index in [-0.39, 0.29) is 18.3 Å². The molecule has 0 bridgehead atoms. The van der Waals surface area contributed by atoms with Gasteiger partial charge in [-0.1, -0.05) is 54.6 Å².